The first-order valence-corrected chi connectivity index (χ1v) is 6.19. The zero-order valence-electron chi connectivity index (χ0n) is 11.2. The fourth-order valence-corrected chi connectivity index (χ4v) is 1.94. The van der Waals surface area contributed by atoms with Crippen molar-refractivity contribution >= 4 is 5.69 Å². The number of benzene rings is 2. The molecule has 0 heterocycles. The van der Waals surface area contributed by atoms with E-state index in [-0.39, 0.29) is 5.69 Å². The number of aliphatic hydroxyl groups excluding tert-OH is 1. The van der Waals surface area contributed by atoms with E-state index in [4.69, 9.17) is 4.74 Å². The maximum Gasteiger partial charge on any atom is 0.272 e. The summed E-state index contributed by atoms with van der Waals surface area (Å²) in [5.74, 6) is 1.04. The van der Waals surface area contributed by atoms with Crippen LogP contribution in [0.3, 0.4) is 0 Å². The van der Waals surface area contributed by atoms with E-state index in [0.29, 0.717) is 22.6 Å². The SMILES string of the molecule is Cc1cc(Oc2ccccc2[C@H](C)O)ccc1[N+](=O)[O-]. The van der Waals surface area contributed by atoms with Crippen LogP contribution in [0.4, 0.5) is 5.69 Å². The zero-order chi connectivity index (χ0) is 14.7. The summed E-state index contributed by atoms with van der Waals surface area (Å²) >= 11 is 0. The number of nitro benzene ring substituents is 1. The summed E-state index contributed by atoms with van der Waals surface area (Å²) in [6, 6.07) is 11.7. The molecule has 2 rings (SSSR count). The number of aryl methyl sites for hydroxylation is 1. The molecule has 0 spiro atoms. The Kier molecular flexibility index (Phi) is 4.00. The number of aliphatic hydroxyl groups is 1. The van der Waals surface area contributed by atoms with Gasteiger partial charge in [-0.15, -0.1) is 0 Å². The number of nitrogens with zero attached hydrogens (tertiary/aromatic N) is 1. The molecule has 0 amide bonds. The van der Waals surface area contributed by atoms with Crippen LogP contribution in [0.5, 0.6) is 11.5 Å². The predicted octanol–water partition coefficient (Wildman–Crippen LogP) is 3.75. The van der Waals surface area contributed by atoms with Gasteiger partial charge in [0.05, 0.1) is 11.0 Å². The van der Waals surface area contributed by atoms with Crippen LogP contribution in [0.2, 0.25) is 0 Å². The molecule has 0 radical (unpaired) electrons. The lowest BCUT2D eigenvalue weighted by Crippen LogP contribution is -1.97. The highest BCUT2D eigenvalue weighted by Gasteiger charge is 2.13. The maximum atomic E-state index is 10.8. The van der Waals surface area contributed by atoms with E-state index in [9.17, 15) is 15.2 Å². The molecule has 0 saturated carbocycles. The van der Waals surface area contributed by atoms with Crippen LogP contribution in [-0.4, -0.2) is 10.0 Å². The molecule has 1 N–H and O–H groups in total. The molecule has 5 heteroatoms. The first-order chi connectivity index (χ1) is 9.49. The topological polar surface area (TPSA) is 72.6 Å². The van der Waals surface area contributed by atoms with Crippen molar-refractivity contribution in [3.8, 4) is 11.5 Å². The second-order valence-electron chi connectivity index (χ2n) is 4.52. The van der Waals surface area contributed by atoms with Crippen LogP contribution in [0, 0.1) is 17.0 Å². The lowest BCUT2D eigenvalue weighted by atomic mass is 10.1. The van der Waals surface area contributed by atoms with Gasteiger partial charge < -0.3 is 9.84 Å². The molecule has 0 aliphatic heterocycles. The Bertz CT molecular complexity index is 638. The number of rotatable bonds is 4. The van der Waals surface area contributed by atoms with Crippen molar-refractivity contribution in [2.45, 2.75) is 20.0 Å². The van der Waals surface area contributed by atoms with E-state index in [1.54, 1.807) is 44.2 Å². The Morgan fingerprint density at radius 3 is 2.55 bits per heavy atom. The highest BCUT2D eigenvalue weighted by atomic mass is 16.6. The summed E-state index contributed by atoms with van der Waals surface area (Å²) < 4.78 is 5.70. The van der Waals surface area contributed by atoms with Gasteiger partial charge in [-0.05, 0) is 32.0 Å². The quantitative estimate of drug-likeness (QED) is 0.680. The molecule has 5 nitrogen and oxygen atoms in total. The number of hydrogen-bond donors (Lipinski definition) is 1. The summed E-state index contributed by atoms with van der Waals surface area (Å²) in [4.78, 5) is 10.3. The molecule has 0 aromatic heterocycles. The molecular formula is C15H15NO4. The third kappa shape index (κ3) is 2.95. The molecule has 0 aliphatic carbocycles. The molecule has 104 valence electrons. The van der Waals surface area contributed by atoms with Crippen molar-refractivity contribution in [3.63, 3.8) is 0 Å². The summed E-state index contributed by atoms with van der Waals surface area (Å²) in [6.07, 6.45) is -0.648. The van der Waals surface area contributed by atoms with Crippen molar-refractivity contribution in [2.24, 2.45) is 0 Å². The number of nitro groups is 1. The number of hydrogen-bond acceptors (Lipinski definition) is 4. The van der Waals surface area contributed by atoms with Gasteiger partial charge in [-0.2, -0.15) is 0 Å². The van der Waals surface area contributed by atoms with Crippen LogP contribution in [-0.2, 0) is 0 Å². The highest BCUT2D eigenvalue weighted by molar-refractivity contribution is 5.46. The van der Waals surface area contributed by atoms with Gasteiger partial charge in [0.2, 0.25) is 0 Å². The summed E-state index contributed by atoms with van der Waals surface area (Å²) in [7, 11) is 0. The van der Waals surface area contributed by atoms with Gasteiger partial charge in [0.1, 0.15) is 11.5 Å². The normalized spacial score (nSPS) is 11.9. The van der Waals surface area contributed by atoms with E-state index in [0.717, 1.165) is 0 Å². The Hall–Kier alpha value is -2.40. The Labute approximate surface area is 116 Å². The van der Waals surface area contributed by atoms with Gasteiger partial charge in [-0.3, -0.25) is 10.1 Å². The van der Waals surface area contributed by atoms with Crippen LogP contribution in [0.1, 0.15) is 24.2 Å². The summed E-state index contributed by atoms with van der Waals surface area (Å²) in [5, 5.41) is 20.5. The first kappa shape index (κ1) is 14.0. The fraction of sp³-hybridized carbons (Fsp3) is 0.200. The molecule has 0 bridgehead atoms. The summed E-state index contributed by atoms with van der Waals surface area (Å²) in [5.41, 5.74) is 1.26. The second-order valence-corrected chi connectivity index (χ2v) is 4.52. The van der Waals surface area contributed by atoms with E-state index >= 15 is 0 Å². The average Bonchev–Trinajstić information content (AvgIpc) is 2.38. The molecule has 0 aliphatic rings. The van der Waals surface area contributed by atoms with Crippen molar-refractivity contribution in [2.75, 3.05) is 0 Å². The van der Waals surface area contributed by atoms with Crippen LogP contribution in [0.25, 0.3) is 0 Å². The Balaban J connectivity index is 2.31. The minimum Gasteiger partial charge on any atom is -0.457 e. The van der Waals surface area contributed by atoms with Crippen LogP contribution in [0.15, 0.2) is 42.5 Å². The second kappa shape index (κ2) is 5.71. The van der Waals surface area contributed by atoms with Gasteiger partial charge in [0.15, 0.2) is 0 Å². The third-order valence-corrected chi connectivity index (χ3v) is 2.96. The average molecular weight is 273 g/mol. The van der Waals surface area contributed by atoms with Gasteiger partial charge >= 0.3 is 0 Å². The first-order valence-electron chi connectivity index (χ1n) is 6.19. The molecule has 2 aromatic rings. The molecule has 1 atom stereocenters. The minimum absolute atomic E-state index is 0.0566. The van der Waals surface area contributed by atoms with Crippen LogP contribution >= 0.6 is 0 Å². The van der Waals surface area contributed by atoms with Crippen molar-refractivity contribution in [1.29, 1.82) is 0 Å². The number of ether oxygens (including phenoxy) is 1. The molecule has 0 unspecified atom stereocenters. The van der Waals surface area contributed by atoms with Crippen molar-refractivity contribution < 1.29 is 14.8 Å². The van der Waals surface area contributed by atoms with Crippen molar-refractivity contribution in [1.82, 2.24) is 0 Å². The molecule has 20 heavy (non-hydrogen) atoms. The maximum absolute atomic E-state index is 10.8. The Morgan fingerprint density at radius 1 is 1.25 bits per heavy atom. The lowest BCUT2D eigenvalue weighted by molar-refractivity contribution is -0.385. The standard InChI is InChI=1S/C15H15NO4/c1-10-9-12(7-8-14(10)16(18)19)20-15-6-4-3-5-13(15)11(2)17/h3-9,11,17H,1-2H3/t11-/m0/s1. The fourth-order valence-electron chi connectivity index (χ4n) is 1.94. The lowest BCUT2D eigenvalue weighted by Gasteiger charge is -2.13. The van der Waals surface area contributed by atoms with Crippen molar-refractivity contribution in [3.05, 3.63) is 63.7 Å². The van der Waals surface area contributed by atoms with Gasteiger partial charge in [-0.25, -0.2) is 0 Å². The third-order valence-electron chi connectivity index (χ3n) is 2.96. The predicted molar refractivity (Wildman–Crippen MR) is 75.0 cm³/mol. The minimum atomic E-state index is -0.648. The van der Waals surface area contributed by atoms with Gasteiger partial charge in [0, 0.05) is 17.2 Å². The molecule has 2 aromatic carbocycles. The molecule has 0 fully saturated rings. The van der Waals surface area contributed by atoms with Gasteiger partial charge in [0.25, 0.3) is 5.69 Å². The monoisotopic (exact) mass is 273 g/mol. The smallest absolute Gasteiger partial charge is 0.272 e. The molecule has 0 saturated heterocycles. The van der Waals surface area contributed by atoms with Crippen LogP contribution < -0.4 is 4.74 Å². The van der Waals surface area contributed by atoms with E-state index in [1.165, 1.54) is 6.07 Å². The largest absolute Gasteiger partial charge is 0.457 e. The Morgan fingerprint density at radius 2 is 1.95 bits per heavy atom. The molecular weight excluding hydrogens is 258 g/mol. The van der Waals surface area contributed by atoms with E-state index in [2.05, 4.69) is 0 Å². The summed E-state index contributed by atoms with van der Waals surface area (Å²) in [6.45, 7) is 3.31. The van der Waals surface area contributed by atoms with E-state index in [1.807, 2.05) is 6.07 Å². The van der Waals surface area contributed by atoms with Gasteiger partial charge in [-0.1, -0.05) is 18.2 Å². The zero-order valence-corrected chi connectivity index (χ0v) is 11.2. The number of para-hydroxylation sites is 1. The highest BCUT2D eigenvalue weighted by Crippen LogP contribution is 2.31. The van der Waals surface area contributed by atoms with E-state index < -0.39 is 11.0 Å².